The zero-order valence-corrected chi connectivity index (χ0v) is 17.6. The molecule has 0 aliphatic heterocycles. The van der Waals surface area contributed by atoms with Crippen molar-refractivity contribution in [2.24, 2.45) is 0 Å². The number of fused-ring (bicyclic) bond motifs is 1. The minimum atomic E-state index is -0.282. The van der Waals surface area contributed by atoms with Crippen molar-refractivity contribution in [3.8, 4) is 0 Å². The summed E-state index contributed by atoms with van der Waals surface area (Å²) in [6, 6.07) is 8.54. The van der Waals surface area contributed by atoms with E-state index in [1.54, 1.807) is 36.6 Å². The van der Waals surface area contributed by atoms with Gasteiger partial charge in [-0.3, -0.25) is 14.2 Å². The van der Waals surface area contributed by atoms with Crippen LogP contribution in [0.3, 0.4) is 0 Å². The third kappa shape index (κ3) is 4.77. The summed E-state index contributed by atoms with van der Waals surface area (Å²) in [5.74, 6) is 0.678. The summed E-state index contributed by atoms with van der Waals surface area (Å²) in [4.78, 5) is 30.0. The molecular weight excluding hydrogens is 398 g/mol. The minimum Gasteiger partial charge on any atom is -0.467 e. The van der Waals surface area contributed by atoms with E-state index in [4.69, 9.17) is 16.0 Å². The van der Waals surface area contributed by atoms with E-state index in [1.807, 2.05) is 20.8 Å². The van der Waals surface area contributed by atoms with Crippen LogP contribution in [0, 0.1) is 0 Å². The molecule has 0 radical (unpaired) electrons. The van der Waals surface area contributed by atoms with Crippen molar-refractivity contribution >= 4 is 40.2 Å². The van der Waals surface area contributed by atoms with Gasteiger partial charge in [0.1, 0.15) is 5.76 Å². The van der Waals surface area contributed by atoms with Gasteiger partial charge in [-0.15, -0.1) is 0 Å². The van der Waals surface area contributed by atoms with Gasteiger partial charge in [0, 0.05) is 10.6 Å². The average Bonchev–Trinajstić information content (AvgIpc) is 3.15. The maximum absolute atomic E-state index is 13.0. The fourth-order valence-corrected chi connectivity index (χ4v) is 3.58. The fraction of sp³-hybridized carbons (Fsp3) is 0.350. The van der Waals surface area contributed by atoms with E-state index in [1.165, 1.54) is 16.3 Å². The van der Waals surface area contributed by atoms with E-state index >= 15 is 0 Å². The van der Waals surface area contributed by atoms with Gasteiger partial charge in [0.2, 0.25) is 5.91 Å². The Kier molecular flexibility index (Phi) is 6.15. The number of benzene rings is 1. The highest BCUT2D eigenvalue weighted by Gasteiger charge is 2.19. The number of aromatic nitrogens is 2. The fourth-order valence-electron chi connectivity index (χ4n) is 2.61. The average molecular weight is 420 g/mol. The minimum absolute atomic E-state index is 0.109. The van der Waals surface area contributed by atoms with Gasteiger partial charge in [-0.2, -0.15) is 0 Å². The smallest absolute Gasteiger partial charge is 0.262 e. The zero-order valence-electron chi connectivity index (χ0n) is 16.0. The molecule has 3 aromatic rings. The van der Waals surface area contributed by atoms with Gasteiger partial charge < -0.3 is 9.73 Å². The number of thioether (sulfide) groups is 1. The molecule has 8 heteroatoms. The Morgan fingerprint density at radius 3 is 2.82 bits per heavy atom. The Morgan fingerprint density at radius 2 is 2.14 bits per heavy atom. The first-order chi connectivity index (χ1) is 13.3. The molecular formula is C20H22ClN3O3S. The second-order valence-electron chi connectivity index (χ2n) is 7.10. The molecule has 0 fully saturated rings. The number of amides is 1. The Balaban J connectivity index is 1.94. The van der Waals surface area contributed by atoms with Crippen LogP contribution in [0.1, 0.15) is 33.0 Å². The van der Waals surface area contributed by atoms with Gasteiger partial charge >= 0.3 is 0 Å². The van der Waals surface area contributed by atoms with Gasteiger partial charge in [-0.1, -0.05) is 30.3 Å². The van der Waals surface area contributed by atoms with E-state index in [9.17, 15) is 9.59 Å². The number of halogens is 1. The number of hydrogen-bond donors (Lipinski definition) is 1. The van der Waals surface area contributed by atoms with Gasteiger partial charge in [-0.25, -0.2) is 4.98 Å². The molecule has 0 unspecified atom stereocenters. The van der Waals surface area contributed by atoms with Gasteiger partial charge in [0.15, 0.2) is 5.16 Å². The molecule has 0 atom stereocenters. The van der Waals surface area contributed by atoms with Crippen molar-refractivity contribution in [1.29, 1.82) is 0 Å². The Labute approximate surface area is 172 Å². The van der Waals surface area contributed by atoms with Crippen molar-refractivity contribution in [3.63, 3.8) is 0 Å². The van der Waals surface area contributed by atoms with E-state index < -0.39 is 0 Å². The standard InChI is InChI=1S/C20H22ClN3O3S/c1-4-20(2,3)23-17(25)12-28-19-22-16-10-13(21)7-8-15(16)18(26)24(19)11-14-6-5-9-27-14/h5-10H,4,11-12H2,1-3H3,(H,23,25). The van der Waals surface area contributed by atoms with E-state index in [2.05, 4.69) is 10.3 Å². The number of carbonyl (C=O) groups excluding carboxylic acids is 1. The van der Waals surface area contributed by atoms with E-state index in [0.29, 0.717) is 26.8 Å². The molecule has 0 spiro atoms. The summed E-state index contributed by atoms with van der Waals surface area (Å²) in [5, 5.41) is 4.40. The highest BCUT2D eigenvalue weighted by Crippen LogP contribution is 2.21. The van der Waals surface area contributed by atoms with Crippen LogP contribution >= 0.6 is 23.4 Å². The second kappa shape index (κ2) is 8.41. The third-order valence-electron chi connectivity index (χ3n) is 4.47. The summed E-state index contributed by atoms with van der Waals surface area (Å²) in [7, 11) is 0. The Hall–Kier alpha value is -2.25. The van der Waals surface area contributed by atoms with Crippen LogP contribution in [0.2, 0.25) is 5.02 Å². The summed E-state index contributed by atoms with van der Waals surface area (Å²) in [6.45, 7) is 6.20. The monoisotopic (exact) mass is 419 g/mol. The predicted molar refractivity (Wildman–Crippen MR) is 112 cm³/mol. The predicted octanol–water partition coefficient (Wildman–Crippen LogP) is 4.09. The first-order valence-electron chi connectivity index (χ1n) is 8.95. The number of rotatable bonds is 7. The van der Waals surface area contributed by atoms with Crippen molar-refractivity contribution in [2.75, 3.05) is 5.75 Å². The summed E-state index contributed by atoms with van der Waals surface area (Å²) < 4.78 is 6.91. The van der Waals surface area contributed by atoms with Crippen LogP contribution in [0.5, 0.6) is 0 Å². The van der Waals surface area contributed by atoms with Crippen molar-refractivity contribution < 1.29 is 9.21 Å². The number of furan rings is 1. The normalized spacial score (nSPS) is 11.7. The van der Waals surface area contributed by atoms with Crippen LogP contribution in [-0.2, 0) is 11.3 Å². The molecule has 0 saturated heterocycles. The molecule has 6 nitrogen and oxygen atoms in total. The molecule has 1 amide bonds. The van der Waals surface area contributed by atoms with E-state index in [-0.39, 0.29) is 29.3 Å². The second-order valence-corrected chi connectivity index (χ2v) is 8.48. The highest BCUT2D eigenvalue weighted by molar-refractivity contribution is 7.99. The summed E-state index contributed by atoms with van der Waals surface area (Å²) >= 11 is 7.28. The molecule has 148 valence electrons. The van der Waals surface area contributed by atoms with Gasteiger partial charge in [0.25, 0.3) is 5.56 Å². The maximum atomic E-state index is 13.0. The largest absolute Gasteiger partial charge is 0.467 e. The lowest BCUT2D eigenvalue weighted by atomic mass is 10.0. The molecule has 0 saturated carbocycles. The lowest BCUT2D eigenvalue weighted by molar-refractivity contribution is -0.120. The quantitative estimate of drug-likeness (QED) is 0.461. The number of nitrogens with one attached hydrogen (secondary N) is 1. The third-order valence-corrected chi connectivity index (χ3v) is 5.68. The topological polar surface area (TPSA) is 77.1 Å². The first kappa shape index (κ1) is 20.5. The Morgan fingerprint density at radius 1 is 1.36 bits per heavy atom. The zero-order chi connectivity index (χ0) is 20.3. The molecule has 1 aromatic carbocycles. The molecule has 0 bridgehead atoms. The van der Waals surface area contributed by atoms with Crippen molar-refractivity contribution in [1.82, 2.24) is 14.9 Å². The van der Waals surface area contributed by atoms with E-state index in [0.717, 1.165) is 6.42 Å². The molecule has 2 heterocycles. The molecule has 0 aliphatic rings. The molecule has 1 N–H and O–H groups in total. The van der Waals surface area contributed by atoms with Crippen LogP contribution in [-0.4, -0.2) is 26.8 Å². The molecule has 28 heavy (non-hydrogen) atoms. The van der Waals surface area contributed by atoms with Crippen molar-refractivity contribution in [3.05, 3.63) is 57.7 Å². The van der Waals surface area contributed by atoms with Gasteiger partial charge in [0.05, 0.1) is 29.5 Å². The SMILES string of the molecule is CCC(C)(C)NC(=O)CSc1nc2cc(Cl)ccc2c(=O)n1Cc1ccco1. The van der Waals surface area contributed by atoms with Crippen LogP contribution in [0.4, 0.5) is 0 Å². The molecule has 3 rings (SSSR count). The number of nitrogens with zero attached hydrogens (tertiary/aromatic N) is 2. The Bertz CT molecular complexity index is 1040. The summed E-state index contributed by atoms with van der Waals surface area (Å²) in [6.07, 6.45) is 2.38. The number of carbonyl (C=O) groups is 1. The van der Waals surface area contributed by atoms with Gasteiger partial charge in [-0.05, 0) is 50.6 Å². The van der Waals surface area contributed by atoms with Crippen LogP contribution in [0.15, 0.2) is 51.0 Å². The highest BCUT2D eigenvalue weighted by atomic mass is 35.5. The van der Waals surface area contributed by atoms with Crippen LogP contribution < -0.4 is 10.9 Å². The van der Waals surface area contributed by atoms with Crippen molar-refractivity contribution in [2.45, 2.75) is 44.4 Å². The lowest BCUT2D eigenvalue weighted by Gasteiger charge is -2.24. The summed E-state index contributed by atoms with van der Waals surface area (Å²) in [5.41, 5.74) is 0.0235. The maximum Gasteiger partial charge on any atom is 0.262 e. The van der Waals surface area contributed by atoms with Crippen LogP contribution in [0.25, 0.3) is 10.9 Å². The molecule has 2 aromatic heterocycles. The lowest BCUT2D eigenvalue weighted by Crippen LogP contribution is -2.43. The first-order valence-corrected chi connectivity index (χ1v) is 10.3. The molecule has 0 aliphatic carbocycles. The number of hydrogen-bond acceptors (Lipinski definition) is 5.